The molecule has 0 fully saturated rings. The Morgan fingerprint density at radius 1 is 1.53 bits per heavy atom. The molecule has 0 bridgehead atoms. The van der Waals surface area contributed by atoms with Crippen molar-refractivity contribution < 1.29 is 18.0 Å². The number of aryl methyl sites for hydroxylation is 1. The fraction of sp³-hybridized carbons (Fsp3) is 0.700. The van der Waals surface area contributed by atoms with Crippen LogP contribution in [0.4, 0.5) is 0 Å². The van der Waals surface area contributed by atoms with Crippen LogP contribution in [-0.4, -0.2) is 31.3 Å². The summed E-state index contributed by atoms with van der Waals surface area (Å²) in [6.45, 7) is 5.14. The molecule has 0 radical (unpaired) electrons. The van der Waals surface area contributed by atoms with Gasteiger partial charge in [0.05, 0.1) is 6.61 Å². The van der Waals surface area contributed by atoms with E-state index < -0.39 is 16.1 Å². The second-order valence-electron chi connectivity index (χ2n) is 4.34. The number of aliphatic hydroxyl groups excluding tert-OH is 1. The molecule has 98 valence electrons. The summed E-state index contributed by atoms with van der Waals surface area (Å²) < 4.78 is 30.8. The van der Waals surface area contributed by atoms with Gasteiger partial charge in [-0.1, -0.05) is 19.0 Å². The smallest absolute Gasteiger partial charge is 0.217 e. The van der Waals surface area contributed by atoms with Crippen molar-refractivity contribution in [2.75, 3.05) is 6.61 Å². The summed E-state index contributed by atoms with van der Waals surface area (Å²) >= 11 is 0. The van der Waals surface area contributed by atoms with Crippen LogP contribution in [0.5, 0.6) is 0 Å². The summed E-state index contributed by atoms with van der Waals surface area (Å²) in [6.07, 6.45) is 0. The van der Waals surface area contributed by atoms with Gasteiger partial charge in [-0.2, -0.15) is 0 Å². The molecule has 1 aromatic heterocycles. The van der Waals surface area contributed by atoms with E-state index in [9.17, 15) is 8.42 Å². The number of aliphatic hydroxyl groups is 1. The molecule has 0 aromatic carbocycles. The summed E-state index contributed by atoms with van der Waals surface area (Å²) in [4.78, 5) is 0. The maximum atomic E-state index is 11.8. The molecule has 1 aromatic rings. The van der Waals surface area contributed by atoms with Gasteiger partial charge in [0.2, 0.25) is 10.0 Å². The van der Waals surface area contributed by atoms with Gasteiger partial charge >= 0.3 is 0 Å². The summed E-state index contributed by atoms with van der Waals surface area (Å²) in [7, 11) is -3.51. The first-order valence-electron chi connectivity index (χ1n) is 5.37. The topological polar surface area (TPSA) is 92.4 Å². The Morgan fingerprint density at radius 3 is 2.59 bits per heavy atom. The lowest BCUT2D eigenvalue weighted by atomic mass is 10.1. The Hall–Kier alpha value is -0.920. The van der Waals surface area contributed by atoms with E-state index in [1.165, 1.54) is 0 Å². The van der Waals surface area contributed by atoms with Crippen LogP contribution in [0.25, 0.3) is 0 Å². The maximum absolute atomic E-state index is 11.8. The van der Waals surface area contributed by atoms with Crippen LogP contribution >= 0.6 is 0 Å². The van der Waals surface area contributed by atoms with Crippen LogP contribution < -0.4 is 4.72 Å². The normalized spacial score (nSPS) is 14.2. The lowest BCUT2D eigenvalue weighted by Gasteiger charge is -2.19. The standard InChI is InChI=1S/C10H18N2O4S/c1-7(2)10(5-13)12-17(14,15)6-9-4-8(3)16-11-9/h4,7,10,12-13H,5-6H2,1-3H3. The second kappa shape index (κ2) is 5.61. The number of aromatic nitrogens is 1. The van der Waals surface area contributed by atoms with E-state index in [1.807, 2.05) is 13.8 Å². The van der Waals surface area contributed by atoms with Crippen molar-refractivity contribution in [2.24, 2.45) is 5.92 Å². The van der Waals surface area contributed by atoms with Gasteiger partial charge in [0.25, 0.3) is 0 Å². The molecule has 0 aliphatic rings. The third kappa shape index (κ3) is 4.45. The largest absolute Gasteiger partial charge is 0.395 e. The molecule has 0 aliphatic carbocycles. The molecule has 1 unspecified atom stereocenters. The maximum Gasteiger partial charge on any atom is 0.217 e. The third-order valence-corrected chi connectivity index (χ3v) is 3.68. The highest BCUT2D eigenvalue weighted by molar-refractivity contribution is 7.88. The third-order valence-electron chi connectivity index (χ3n) is 2.35. The zero-order valence-electron chi connectivity index (χ0n) is 10.2. The predicted molar refractivity (Wildman–Crippen MR) is 62.7 cm³/mol. The average molecular weight is 262 g/mol. The van der Waals surface area contributed by atoms with Gasteiger partial charge in [-0.3, -0.25) is 0 Å². The minimum Gasteiger partial charge on any atom is -0.395 e. The van der Waals surface area contributed by atoms with E-state index >= 15 is 0 Å². The molecular formula is C10H18N2O4S. The molecule has 7 heteroatoms. The Labute approximate surface area is 101 Å². The van der Waals surface area contributed by atoms with E-state index in [0.29, 0.717) is 11.5 Å². The van der Waals surface area contributed by atoms with Gasteiger partial charge in [0.15, 0.2) is 0 Å². The van der Waals surface area contributed by atoms with Crippen molar-refractivity contribution in [2.45, 2.75) is 32.6 Å². The van der Waals surface area contributed by atoms with Crippen molar-refractivity contribution >= 4 is 10.0 Å². The Morgan fingerprint density at radius 2 is 2.18 bits per heavy atom. The van der Waals surface area contributed by atoms with E-state index in [1.54, 1.807) is 13.0 Å². The summed E-state index contributed by atoms with van der Waals surface area (Å²) in [5.74, 6) is 0.347. The molecule has 1 heterocycles. The first-order chi connectivity index (χ1) is 7.84. The molecule has 0 amide bonds. The molecule has 0 saturated heterocycles. The summed E-state index contributed by atoms with van der Waals surface area (Å²) in [5, 5.41) is 12.7. The Kier molecular flexibility index (Phi) is 4.67. The number of hydrogen-bond donors (Lipinski definition) is 2. The SMILES string of the molecule is Cc1cc(CS(=O)(=O)NC(CO)C(C)C)no1. The quantitative estimate of drug-likeness (QED) is 0.775. The molecule has 0 spiro atoms. The predicted octanol–water partition coefficient (Wildman–Crippen LogP) is 0.419. The molecule has 6 nitrogen and oxygen atoms in total. The van der Waals surface area contributed by atoms with Crippen LogP contribution in [0.3, 0.4) is 0 Å². The van der Waals surface area contributed by atoms with Crippen LogP contribution in [0.1, 0.15) is 25.3 Å². The van der Waals surface area contributed by atoms with Crippen LogP contribution in [0.2, 0.25) is 0 Å². The highest BCUT2D eigenvalue weighted by atomic mass is 32.2. The van der Waals surface area contributed by atoms with Crippen molar-refractivity contribution in [3.8, 4) is 0 Å². The van der Waals surface area contributed by atoms with E-state index in [4.69, 9.17) is 9.63 Å². The minimum absolute atomic E-state index is 0.0221. The molecule has 1 atom stereocenters. The first kappa shape index (κ1) is 14.1. The van der Waals surface area contributed by atoms with Crippen LogP contribution in [0.15, 0.2) is 10.6 Å². The number of nitrogens with one attached hydrogen (secondary N) is 1. The number of nitrogens with zero attached hydrogens (tertiary/aromatic N) is 1. The number of hydrogen-bond acceptors (Lipinski definition) is 5. The molecule has 2 N–H and O–H groups in total. The molecule has 17 heavy (non-hydrogen) atoms. The van der Waals surface area contributed by atoms with Gasteiger partial charge in [0, 0.05) is 12.1 Å². The van der Waals surface area contributed by atoms with E-state index in [-0.39, 0.29) is 18.3 Å². The molecule has 0 aliphatic heterocycles. The van der Waals surface area contributed by atoms with Gasteiger partial charge in [-0.05, 0) is 12.8 Å². The fourth-order valence-electron chi connectivity index (χ4n) is 1.34. The van der Waals surface area contributed by atoms with E-state index in [0.717, 1.165) is 0 Å². The average Bonchev–Trinajstić information content (AvgIpc) is 2.59. The zero-order chi connectivity index (χ0) is 13.1. The first-order valence-corrected chi connectivity index (χ1v) is 7.02. The van der Waals surface area contributed by atoms with Crippen LogP contribution in [0, 0.1) is 12.8 Å². The fourth-order valence-corrected chi connectivity index (χ4v) is 2.75. The van der Waals surface area contributed by atoms with Crippen molar-refractivity contribution in [1.29, 1.82) is 0 Å². The van der Waals surface area contributed by atoms with Gasteiger partial charge < -0.3 is 9.63 Å². The van der Waals surface area contributed by atoms with Crippen molar-refractivity contribution in [3.63, 3.8) is 0 Å². The van der Waals surface area contributed by atoms with Gasteiger partial charge in [-0.25, -0.2) is 13.1 Å². The molecule has 0 saturated carbocycles. The van der Waals surface area contributed by atoms with E-state index in [2.05, 4.69) is 9.88 Å². The Bertz CT molecular complexity index is 453. The highest BCUT2D eigenvalue weighted by Crippen LogP contribution is 2.08. The summed E-state index contributed by atoms with van der Waals surface area (Å²) in [6, 6.07) is 1.09. The molecular weight excluding hydrogens is 244 g/mol. The van der Waals surface area contributed by atoms with Gasteiger partial charge in [0.1, 0.15) is 17.2 Å². The van der Waals surface area contributed by atoms with Crippen molar-refractivity contribution in [1.82, 2.24) is 9.88 Å². The number of sulfonamides is 1. The van der Waals surface area contributed by atoms with Crippen LogP contribution in [-0.2, 0) is 15.8 Å². The lowest BCUT2D eigenvalue weighted by Crippen LogP contribution is -2.41. The second-order valence-corrected chi connectivity index (χ2v) is 6.09. The van der Waals surface area contributed by atoms with Gasteiger partial charge in [-0.15, -0.1) is 0 Å². The minimum atomic E-state index is -3.51. The highest BCUT2D eigenvalue weighted by Gasteiger charge is 2.21. The number of rotatable bonds is 6. The van der Waals surface area contributed by atoms with Crippen molar-refractivity contribution in [3.05, 3.63) is 17.5 Å². The lowest BCUT2D eigenvalue weighted by molar-refractivity contribution is 0.227. The Balaban J connectivity index is 2.69. The zero-order valence-corrected chi connectivity index (χ0v) is 11.0. The molecule has 1 rings (SSSR count). The monoisotopic (exact) mass is 262 g/mol. The summed E-state index contributed by atoms with van der Waals surface area (Å²) in [5.41, 5.74) is 0.357.